The minimum Gasteiger partial charge on any atom is -0.378 e. The van der Waals surface area contributed by atoms with Gasteiger partial charge in [0.25, 0.3) is 0 Å². The fourth-order valence-corrected chi connectivity index (χ4v) is 5.19. The molecule has 9 nitrogen and oxygen atoms in total. The Balaban J connectivity index is 1.40. The van der Waals surface area contributed by atoms with E-state index in [2.05, 4.69) is 4.90 Å². The number of ether oxygens (including phenoxy) is 1. The van der Waals surface area contributed by atoms with E-state index in [0.717, 1.165) is 11.3 Å². The van der Waals surface area contributed by atoms with Crippen molar-refractivity contribution in [3.05, 3.63) is 53.3 Å². The summed E-state index contributed by atoms with van der Waals surface area (Å²) in [5.74, 6) is -0.689. The first kappa shape index (κ1) is 26.1. The number of anilines is 2. The zero-order valence-electron chi connectivity index (χ0n) is 20.3. The maximum atomic E-state index is 14.5. The van der Waals surface area contributed by atoms with Crippen molar-refractivity contribution in [2.24, 2.45) is 5.14 Å². The van der Waals surface area contributed by atoms with Gasteiger partial charge in [0.1, 0.15) is 5.82 Å². The summed E-state index contributed by atoms with van der Waals surface area (Å²) in [7, 11) is -3.87. The molecule has 2 aliphatic rings. The number of ketones is 1. The minimum atomic E-state index is -3.87. The number of rotatable bonds is 7. The molecule has 0 atom stereocenters. The number of hydrogen-bond donors (Lipinski definition) is 1. The number of nitrogens with two attached hydrogens (primary N) is 1. The van der Waals surface area contributed by atoms with Crippen molar-refractivity contribution in [3.8, 4) is 0 Å². The number of halogens is 1. The van der Waals surface area contributed by atoms with E-state index in [1.807, 2.05) is 4.90 Å². The Bertz CT molecular complexity index is 1240. The third kappa shape index (κ3) is 6.03. The molecule has 0 aliphatic carbocycles. The first-order valence-electron chi connectivity index (χ1n) is 11.9. The SMILES string of the molecule is CC(=O)c1ccc(N2CCN(C(=O)CCc3cc(S(N)(=O)=O)ccc3N3CCOCC3)CC2)c(F)c1. The van der Waals surface area contributed by atoms with Crippen molar-refractivity contribution < 1.29 is 27.1 Å². The predicted molar refractivity (Wildman–Crippen MR) is 134 cm³/mol. The Morgan fingerprint density at radius 2 is 1.58 bits per heavy atom. The Kier molecular flexibility index (Phi) is 7.91. The first-order valence-corrected chi connectivity index (χ1v) is 13.5. The van der Waals surface area contributed by atoms with Crippen LogP contribution in [0.1, 0.15) is 29.3 Å². The number of hydrogen-bond acceptors (Lipinski definition) is 7. The summed E-state index contributed by atoms with van der Waals surface area (Å²) in [5, 5.41) is 5.34. The van der Waals surface area contributed by atoms with E-state index in [4.69, 9.17) is 9.88 Å². The number of amides is 1. The molecule has 1 amide bonds. The highest BCUT2D eigenvalue weighted by atomic mass is 32.2. The van der Waals surface area contributed by atoms with Gasteiger partial charge in [0.15, 0.2) is 5.78 Å². The predicted octanol–water partition coefficient (Wildman–Crippen LogP) is 1.79. The molecule has 4 rings (SSSR count). The largest absolute Gasteiger partial charge is 0.378 e. The molecule has 2 N–H and O–H groups in total. The van der Waals surface area contributed by atoms with Crippen molar-refractivity contribution in [3.63, 3.8) is 0 Å². The molecule has 2 aromatic rings. The maximum Gasteiger partial charge on any atom is 0.238 e. The van der Waals surface area contributed by atoms with E-state index in [-0.39, 0.29) is 23.0 Å². The van der Waals surface area contributed by atoms with Gasteiger partial charge in [0.05, 0.1) is 23.8 Å². The zero-order valence-corrected chi connectivity index (χ0v) is 21.1. The fourth-order valence-electron chi connectivity index (χ4n) is 4.63. The number of carbonyl (C=O) groups is 2. The van der Waals surface area contributed by atoms with Crippen LogP contribution in [-0.4, -0.2) is 77.5 Å². The quantitative estimate of drug-likeness (QED) is 0.556. The summed E-state index contributed by atoms with van der Waals surface area (Å²) < 4.78 is 43.8. The van der Waals surface area contributed by atoms with Crippen LogP contribution in [0.25, 0.3) is 0 Å². The van der Waals surface area contributed by atoms with Crippen LogP contribution >= 0.6 is 0 Å². The molecule has 2 heterocycles. The second-order valence-corrected chi connectivity index (χ2v) is 10.6. The smallest absolute Gasteiger partial charge is 0.238 e. The Labute approximate surface area is 210 Å². The number of carbonyl (C=O) groups excluding carboxylic acids is 2. The summed E-state index contributed by atoms with van der Waals surface area (Å²) in [6, 6.07) is 9.26. The van der Waals surface area contributed by atoms with Gasteiger partial charge in [-0.1, -0.05) is 0 Å². The third-order valence-electron chi connectivity index (χ3n) is 6.67. The summed E-state index contributed by atoms with van der Waals surface area (Å²) in [4.78, 5) is 30.2. The molecule has 0 bridgehead atoms. The molecule has 194 valence electrons. The number of nitrogens with zero attached hydrogens (tertiary/aromatic N) is 3. The van der Waals surface area contributed by atoms with Crippen molar-refractivity contribution in [2.45, 2.75) is 24.7 Å². The molecule has 2 aromatic carbocycles. The lowest BCUT2D eigenvalue weighted by Crippen LogP contribution is -2.49. The van der Waals surface area contributed by atoms with E-state index < -0.39 is 15.8 Å². The lowest BCUT2D eigenvalue weighted by molar-refractivity contribution is -0.131. The van der Waals surface area contributed by atoms with Crippen LogP contribution in [0.5, 0.6) is 0 Å². The molecule has 11 heteroatoms. The van der Waals surface area contributed by atoms with Gasteiger partial charge in [-0.2, -0.15) is 0 Å². The number of Topliss-reactive ketones (excluding diaryl/α,β-unsaturated/α-hetero) is 1. The average Bonchev–Trinajstić information content (AvgIpc) is 2.87. The van der Waals surface area contributed by atoms with Crippen LogP contribution in [-0.2, 0) is 26.0 Å². The number of sulfonamides is 1. The standard InChI is InChI=1S/C25H31FN4O5S/c1-18(31)19-2-5-24(22(26)17-19)28-8-10-30(11-9-28)25(32)7-3-20-16-21(36(27,33)34)4-6-23(20)29-12-14-35-15-13-29/h2,4-6,16-17H,3,7-15H2,1H3,(H2,27,33,34). The topological polar surface area (TPSA) is 113 Å². The van der Waals surface area contributed by atoms with Crippen molar-refractivity contribution in [1.29, 1.82) is 0 Å². The number of primary sulfonamides is 1. The maximum absolute atomic E-state index is 14.5. The summed E-state index contributed by atoms with van der Waals surface area (Å²) >= 11 is 0. The van der Waals surface area contributed by atoms with Crippen LogP contribution < -0.4 is 14.9 Å². The third-order valence-corrected chi connectivity index (χ3v) is 7.58. The highest BCUT2D eigenvalue weighted by Crippen LogP contribution is 2.27. The molecule has 2 aliphatic heterocycles. The first-order chi connectivity index (χ1) is 17.1. The van der Waals surface area contributed by atoms with E-state index in [9.17, 15) is 22.4 Å². The van der Waals surface area contributed by atoms with E-state index in [0.29, 0.717) is 70.2 Å². The van der Waals surface area contributed by atoms with Crippen molar-refractivity contribution >= 4 is 33.1 Å². The average molecular weight is 519 g/mol. The number of benzene rings is 2. The molecule has 36 heavy (non-hydrogen) atoms. The number of aryl methyl sites for hydroxylation is 1. The van der Waals surface area contributed by atoms with Gasteiger partial charge in [-0.3, -0.25) is 9.59 Å². The van der Waals surface area contributed by atoms with Gasteiger partial charge in [-0.25, -0.2) is 17.9 Å². The van der Waals surface area contributed by atoms with Gasteiger partial charge < -0.3 is 19.4 Å². The van der Waals surface area contributed by atoms with E-state index in [1.54, 1.807) is 29.2 Å². The van der Waals surface area contributed by atoms with Crippen molar-refractivity contribution in [1.82, 2.24) is 4.90 Å². The molecule has 2 fully saturated rings. The van der Waals surface area contributed by atoms with Crippen LogP contribution in [0.15, 0.2) is 41.3 Å². The fraction of sp³-hybridized carbons (Fsp3) is 0.440. The van der Waals surface area contributed by atoms with Gasteiger partial charge >= 0.3 is 0 Å². The molecular formula is C25H31FN4O5S. The minimum absolute atomic E-state index is 0.0217. The molecule has 0 radical (unpaired) electrons. The Morgan fingerprint density at radius 1 is 0.944 bits per heavy atom. The van der Waals surface area contributed by atoms with Crippen LogP contribution in [0.4, 0.5) is 15.8 Å². The van der Waals surface area contributed by atoms with E-state index in [1.165, 1.54) is 19.1 Å². The summed E-state index contributed by atoms with van der Waals surface area (Å²) in [6.45, 7) is 5.76. The number of piperazine rings is 1. The number of morpholine rings is 1. The second-order valence-electron chi connectivity index (χ2n) is 9.03. The molecule has 0 spiro atoms. The van der Waals surface area contributed by atoms with Gasteiger partial charge in [0, 0.05) is 56.9 Å². The molecule has 2 saturated heterocycles. The zero-order chi connectivity index (χ0) is 25.9. The van der Waals surface area contributed by atoms with E-state index >= 15 is 0 Å². The van der Waals surface area contributed by atoms with Crippen molar-refractivity contribution in [2.75, 3.05) is 62.3 Å². The normalized spacial score (nSPS) is 16.8. The van der Waals surface area contributed by atoms with Crippen LogP contribution in [0.2, 0.25) is 0 Å². The second kappa shape index (κ2) is 10.9. The van der Waals surface area contributed by atoms with Gasteiger partial charge in [0.2, 0.25) is 15.9 Å². The highest BCUT2D eigenvalue weighted by Gasteiger charge is 2.24. The van der Waals surface area contributed by atoms with Gasteiger partial charge in [-0.05, 0) is 55.3 Å². The Morgan fingerprint density at radius 3 is 2.19 bits per heavy atom. The summed E-state index contributed by atoms with van der Waals surface area (Å²) in [5.41, 5.74) is 2.38. The molecular weight excluding hydrogens is 487 g/mol. The molecule has 0 saturated carbocycles. The van der Waals surface area contributed by atoms with Crippen LogP contribution in [0.3, 0.4) is 0 Å². The lowest BCUT2D eigenvalue weighted by atomic mass is 10.0. The van der Waals surface area contributed by atoms with Crippen LogP contribution in [0, 0.1) is 5.82 Å². The highest BCUT2D eigenvalue weighted by molar-refractivity contribution is 7.89. The van der Waals surface area contributed by atoms with Gasteiger partial charge in [-0.15, -0.1) is 0 Å². The monoisotopic (exact) mass is 518 g/mol. The lowest BCUT2D eigenvalue weighted by Gasteiger charge is -2.36. The molecule has 0 unspecified atom stereocenters. The Hall–Kier alpha value is -3.02. The summed E-state index contributed by atoms with van der Waals surface area (Å²) in [6.07, 6.45) is 0.587. The molecule has 0 aromatic heterocycles.